The molecule has 0 spiro atoms. The van der Waals surface area contributed by atoms with Gasteiger partial charge in [-0.3, -0.25) is 4.79 Å². The van der Waals surface area contributed by atoms with Gasteiger partial charge in [-0.05, 0) is 24.6 Å². The molecule has 4 heteroatoms. The van der Waals surface area contributed by atoms with Gasteiger partial charge in [-0.1, -0.05) is 48.6 Å². The van der Waals surface area contributed by atoms with Gasteiger partial charge in [0, 0.05) is 29.7 Å². The van der Waals surface area contributed by atoms with Gasteiger partial charge in [-0.15, -0.1) is 0 Å². The average Bonchev–Trinajstić information content (AvgIpc) is 3.08. The Labute approximate surface area is 141 Å². The Bertz CT molecular complexity index is 712. The minimum Gasteiger partial charge on any atom is -0.489 e. The number of benzene rings is 2. The molecule has 4 nitrogen and oxygen atoms in total. The predicted molar refractivity (Wildman–Crippen MR) is 92.8 cm³/mol. The summed E-state index contributed by atoms with van der Waals surface area (Å²) < 4.78 is 5.76. The van der Waals surface area contributed by atoms with Crippen LogP contribution < -0.4 is 10.1 Å². The molecule has 0 saturated carbocycles. The van der Waals surface area contributed by atoms with Gasteiger partial charge in [-0.2, -0.15) is 0 Å². The van der Waals surface area contributed by atoms with Gasteiger partial charge in [-0.25, -0.2) is 0 Å². The molecule has 24 heavy (non-hydrogen) atoms. The lowest BCUT2D eigenvalue weighted by Gasteiger charge is -2.15. The maximum atomic E-state index is 12.6. The molecule has 1 amide bonds. The van der Waals surface area contributed by atoms with Crippen LogP contribution in [0.15, 0.2) is 66.7 Å². The van der Waals surface area contributed by atoms with Crippen LogP contribution in [0.2, 0.25) is 0 Å². The zero-order valence-electron chi connectivity index (χ0n) is 13.4. The Morgan fingerprint density at radius 2 is 1.83 bits per heavy atom. The van der Waals surface area contributed by atoms with E-state index in [4.69, 9.17) is 4.74 Å². The fourth-order valence-corrected chi connectivity index (χ4v) is 2.81. The van der Waals surface area contributed by atoms with E-state index >= 15 is 0 Å². The zero-order chi connectivity index (χ0) is 16.8. The van der Waals surface area contributed by atoms with Gasteiger partial charge in [0.05, 0.1) is 0 Å². The first-order valence-electron chi connectivity index (χ1n) is 8.12. The second kappa shape index (κ2) is 7.79. The van der Waals surface area contributed by atoms with E-state index in [0.29, 0.717) is 12.2 Å². The summed E-state index contributed by atoms with van der Waals surface area (Å²) in [5.74, 6) is 0.791. The maximum Gasteiger partial charge on any atom is 0.252 e. The van der Waals surface area contributed by atoms with Gasteiger partial charge in [0.25, 0.3) is 5.91 Å². The van der Waals surface area contributed by atoms with E-state index in [1.165, 1.54) is 0 Å². The van der Waals surface area contributed by atoms with Crippen LogP contribution in [0.1, 0.15) is 22.3 Å². The monoisotopic (exact) mass is 323 g/mol. The van der Waals surface area contributed by atoms with Crippen LogP contribution in [-0.4, -0.2) is 23.7 Å². The smallest absolute Gasteiger partial charge is 0.252 e. The van der Waals surface area contributed by atoms with Crippen molar-refractivity contribution in [1.29, 1.82) is 0 Å². The quantitative estimate of drug-likeness (QED) is 0.804. The Hall–Kier alpha value is -2.59. The van der Waals surface area contributed by atoms with Crippen molar-refractivity contribution in [3.05, 3.63) is 77.9 Å². The number of aliphatic hydroxyl groups is 1. The third-order valence-corrected chi connectivity index (χ3v) is 4.12. The number of hydrogen-bond donors (Lipinski definition) is 2. The first-order valence-corrected chi connectivity index (χ1v) is 8.12. The van der Waals surface area contributed by atoms with E-state index in [9.17, 15) is 9.90 Å². The lowest BCUT2D eigenvalue weighted by atomic mass is 10.1. The highest BCUT2D eigenvalue weighted by molar-refractivity contribution is 5.96. The van der Waals surface area contributed by atoms with Crippen LogP contribution >= 0.6 is 0 Å². The number of para-hydroxylation sites is 1. The highest BCUT2D eigenvalue weighted by Gasteiger charge is 2.21. The zero-order valence-corrected chi connectivity index (χ0v) is 13.4. The molecule has 2 atom stereocenters. The predicted octanol–water partition coefficient (Wildman–Crippen LogP) is 2.93. The lowest BCUT2D eigenvalue weighted by Crippen LogP contribution is -2.33. The van der Waals surface area contributed by atoms with Crippen LogP contribution in [0.4, 0.5) is 0 Å². The van der Waals surface area contributed by atoms with E-state index in [2.05, 4.69) is 5.32 Å². The fraction of sp³-hybridized carbons (Fsp3) is 0.250. The van der Waals surface area contributed by atoms with Crippen molar-refractivity contribution in [2.45, 2.75) is 19.1 Å². The number of carbonyl (C=O) groups is 1. The van der Waals surface area contributed by atoms with Crippen molar-refractivity contribution in [1.82, 2.24) is 5.32 Å². The molecule has 1 aliphatic carbocycles. The van der Waals surface area contributed by atoms with Crippen molar-refractivity contribution in [2.24, 2.45) is 5.92 Å². The number of hydrogen-bond acceptors (Lipinski definition) is 3. The van der Waals surface area contributed by atoms with Gasteiger partial charge in [0.1, 0.15) is 12.4 Å². The molecular weight excluding hydrogens is 302 g/mol. The summed E-state index contributed by atoms with van der Waals surface area (Å²) in [6.07, 6.45) is 4.64. The van der Waals surface area contributed by atoms with Crippen LogP contribution in [0.5, 0.6) is 5.75 Å². The normalized spacial score (nSPS) is 19.2. The van der Waals surface area contributed by atoms with Crippen LogP contribution in [0.25, 0.3) is 0 Å². The molecule has 2 N–H and O–H groups in total. The summed E-state index contributed by atoms with van der Waals surface area (Å²) >= 11 is 0. The van der Waals surface area contributed by atoms with Crippen LogP contribution in [0.3, 0.4) is 0 Å². The molecule has 124 valence electrons. The number of aliphatic hydroxyl groups excluding tert-OH is 1. The van der Waals surface area contributed by atoms with Gasteiger partial charge in [0.15, 0.2) is 0 Å². The molecule has 0 fully saturated rings. The molecule has 0 heterocycles. The number of nitrogens with one attached hydrogen (secondary N) is 1. The summed E-state index contributed by atoms with van der Waals surface area (Å²) in [6.45, 7) is 0.456. The van der Waals surface area contributed by atoms with Crippen LogP contribution in [0, 0.1) is 5.92 Å². The lowest BCUT2D eigenvalue weighted by molar-refractivity contribution is 0.0938. The standard InChI is InChI=1S/C20H21NO3/c22-13-15-10-11-17(12-15)21-20(23)19-9-5-4-6-16(19)14-24-18-7-2-1-3-8-18/h1-11,15,17,22H,12-14H2,(H,21,23)/t15-,17+/m0/s1. The Morgan fingerprint density at radius 1 is 1.08 bits per heavy atom. The van der Waals surface area contributed by atoms with E-state index < -0.39 is 0 Å². The SMILES string of the molecule is O=C(N[C@@H]1C=C[C@H](CO)C1)c1ccccc1COc1ccccc1. The second-order valence-corrected chi connectivity index (χ2v) is 5.90. The third kappa shape index (κ3) is 4.03. The van der Waals surface area contributed by atoms with Crippen molar-refractivity contribution >= 4 is 5.91 Å². The summed E-state index contributed by atoms with van der Waals surface area (Å²) in [7, 11) is 0. The van der Waals surface area contributed by atoms with E-state index in [1.807, 2.05) is 60.7 Å². The Balaban J connectivity index is 1.65. The summed E-state index contributed by atoms with van der Waals surface area (Å²) in [5, 5.41) is 12.2. The number of carbonyl (C=O) groups excluding carboxylic acids is 1. The number of amides is 1. The fourth-order valence-electron chi connectivity index (χ4n) is 2.81. The van der Waals surface area contributed by atoms with E-state index in [0.717, 1.165) is 17.7 Å². The van der Waals surface area contributed by atoms with Crippen molar-refractivity contribution in [3.63, 3.8) is 0 Å². The van der Waals surface area contributed by atoms with Crippen LogP contribution in [-0.2, 0) is 6.61 Å². The molecule has 0 aliphatic heterocycles. The molecule has 0 saturated heterocycles. The molecule has 0 radical (unpaired) electrons. The minimum atomic E-state index is -0.115. The minimum absolute atomic E-state index is 0.0299. The average molecular weight is 323 g/mol. The molecule has 3 rings (SSSR count). The first-order chi connectivity index (χ1) is 11.8. The van der Waals surface area contributed by atoms with E-state index in [1.54, 1.807) is 6.07 Å². The van der Waals surface area contributed by atoms with Gasteiger partial charge in [0.2, 0.25) is 0 Å². The van der Waals surface area contributed by atoms with Gasteiger partial charge < -0.3 is 15.2 Å². The largest absolute Gasteiger partial charge is 0.489 e. The topological polar surface area (TPSA) is 58.6 Å². The van der Waals surface area contributed by atoms with Crippen molar-refractivity contribution in [3.8, 4) is 5.75 Å². The van der Waals surface area contributed by atoms with Crippen molar-refractivity contribution < 1.29 is 14.6 Å². The molecule has 0 aromatic heterocycles. The highest BCUT2D eigenvalue weighted by Crippen LogP contribution is 2.19. The Kier molecular flexibility index (Phi) is 5.29. The van der Waals surface area contributed by atoms with Gasteiger partial charge >= 0.3 is 0 Å². The summed E-state index contributed by atoms with van der Waals surface area (Å²) in [6, 6.07) is 17.0. The molecular formula is C20H21NO3. The van der Waals surface area contributed by atoms with E-state index in [-0.39, 0.29) is 24.5 Å². The maximum absolute atomic E-state index is 12.6. The molecule has 2 aromatic rings. The summed E-state index contributed by atoms with van der Waals surface area (Å²) in [5.41, 5.74) is 1.47. The molecule has 0 unspecified atom stereocenters. The molecule has 0 bridgehead atoms. The highest BCUT2D eigenvalue weighted by atomic mass is 16.5. The first kappa shape index (κ1) is 16.3. The molecule has 1 aliphatic rings. The second-order valence-electron chi connectivity index (χ2n) is 5.90. The summed E-state index contributed by atoms with van der Waals surface area (Å²) in [4.78, 5) is 12.6. The number of ether oxygens (including phenoxy) is 1. The Morgan fingerprint density at radius 3 is 2.58 bits per heavy atom. The third-order valence-electron chi connectivity index (χ3n) is 4.12. The van der Waals surface area contributed by atoms with Crippen molar-refractivity contribution in [2.75, 3.05) is 6.61 Å². The number of rotatable bonds is 6. The molecule has 2 aromatic carbocycles.